The van der Waals surface area contributed by atoms with Crippen molar-refractivity contribution in [3.05, 3.63) is 23.9 Å². The molecule has 3 unspecified atom stereocenters. The summed E-state index contributed by atoms with van der Waals surface area (Å²) < 4.78 is 44.6. The minimum atomic E-state index is -4.20. The van der Waals surface area contributed by atoms with Crippen LogP contribution in [0.3, 0.4) is 0 Å². The molecule has 2 saturated heterocycles. The van der Waals surface area contributed by atoms with Crippen molar-refractivity contribution in [1.82, 2.24) is 20.1 Å². The fourth-order valence-corrected chi connectivity index (χ4v) is 4.11. The first-order valence-corrected chi connectivity index (χ1v) is 10.8. The normalized spacial score (nSPS) is 24.2. The molecule has 7 nitrogen and oxygen atoms in total. The molecule has 2 fully saturated rings. The van der Waals surface area contributed by atoms with Crippen LogP contribution in [0, 0.1) is 0 Å². The molecule has 0 saturated carbocycles. The summed E-state index contributed by atoms with van der Waals surface area (Å²) in [6, 6.07) is 2.63. The molecule has 2 aliphatic heterocycles. The Morgan fingerprint density at radius 2 is 1.81 bits per heavy atom. The Balaban J connectivity index is 0.00000363. The first kappa shape index (κ1) is 26.9. The molecule has 0 aromatic carbocycles. The predicted octanol–water partition coefficient (Wildman–Crippen LogP) is 2.96. The number of hydrogen-bond donors (Lipinski definition) is 1. The summed E-state index contributed by atoms with van der Waals surface area (Å²) in [6.45, 7) is 9.26. The van der Waals surface area contributed by atoms with Crippen molar-refractivity contribution in [3.8, 4) is 0 Å². The van der Waals surface area contributed by atoms with E-state index in [0.29, 0.717) is 38.7 Å². The van der Waals surface area contributed by atoms with Gasteiger partial charge in [-0.2, -0.15) is 13.2 Å². The molecule has 0 amide bonds. The molecule has 1 aromatic heterocycles. The summed E-state index contributed by atoms with van der Waals surface area (Å²) >= 11 is 0. The van der Waals surface area contributed by atoms with Crippen LogP contribution in [0.25, 0.3) is 0 Å². The van der Waals surface area contributed by atoms with Gasteiger partial charge in [0.05, 0.1) is 12.2 Å². The number of aromatic nitrogens is 1. The number of guanidine groups is 1. The maximum absolute atomic E-state index is 12.9. The molecule has 3 rings (SSSR count). The van der Waals surface area contributed by atoms with Crippen LogP contribution in [-0.2, 0) is 11.3 Å². The van der Waals surface area contributed by atoms with Gasteiger partial charge in [0.1, 0.15) is 11.9 Å². The lowest BCUT2D eigenvalue weighted by Crippen LogP contribution is -2.56. The van der Waals surface area contributed by atoms with Gasteiger partial charge in [0.25, 0.3) is 0 Å². The Morgan fingerprint density at radius 3 is 2.31 bits per heavy atom. The number of piperazine rings is 1. The van der Waals surface area contributed by atoms with Crippen LogP contribution >= 0.6 is 24.0 Å². The smallest absolute Gasteiger partial charge is 0.372 e. The van der Waals surface area contributed by atoms with E-state index in [0.717, 1.165) is 24.5 Å². The van der Waals surface area contributed by atoms with Crippen LogP contribution in [-0.4, -0.2) is 91.5 Å². The topological polar surface area (TPSA) is 56.2 Å². The van der Waals surface area contributed by atoms with E-state index in [2.05, 4.69) is 34.0 Å². The molecule has 0 aliphatic carbocycles. The van der Waals surface area contributed by atoms with Crippen LogP contribution in [0.4, 0.5) is 19.0 Å². The molecule has 0 radical (unpaired) electrons. The van der Waals surface area contributed by atoms with Gasteiger partial charge in [0, 0.05) is 59.1 Å². The second-order valence-electron chi connectivity index (χ2n) is 8.33. The molecule has 3 heterocycles. The van der Waals surface area contributed by atoms with Crippen LogP contribution in [0.15, 0.2) is 23.3 Å². The number of alkyl halides is 3. The maximum Gasteiger partial charge on any atom is 0.403 e. The van der Waals surface area contributed by atoms with Crippen molar-refractivity contribution in [3.63, 3.8) is 0 Å². The summed E-state index contributed by atoms with van der Waals surface area (Å²) in [5, 5.41) is 3.30. The molecular formula is C21H34F3IN6O. The molecule has 1 aromatic rings. The molecule has 3 atom stereocenters. The third-order valence-electron chi connectivity index (χ3n) is 5.85. The summed E-state index contributed by atoms with van der Waals surface area (Å²) in [7, 11) is 1.69. The van der Waals surface area contributed by atoms with E-state index < -0.39 is 12.2 Å². The van der Waals surface area contributed by atoms with E-state index in [1.54, 1.807) is 7.05 Å². The third kappa shape index (κ3) is 7.08. The van der Waals surface area contributed by atoms with Gasteiger partial charge in [-0.05, 0) is 32.4 Å². The fraction of sp³-hybridized carbons (Fsp3) is 0.714. The first-order valence-electron chi connectivity index (χ1n) is 10.8. The number of pyridine rings is 1. The van der Waals surface area contributed by atoms with Gasteiger partial charge in [-0.3, -0.25) is 9.89 Å². The Labute approximate surface area is 205 Å². The number of hydrogen-bond acceptors (Lipinski definition) is 5. The summed E-state index contributed by atoms with van der Waals surface area (Å²) in [5.74, 6) is 1.63. The average molecular weight is 570 g/mol. The van der Waals surface area contributed by atoms with Gasteiger partial charge in [0.2, 0.25) is 0 Å². The van der Waals surface area contributed by atoms with E-state index in [1.807, 2.05) is 23.2 Å². The number of anilines is 1. The standard InChI is InChI=1S/C21H33F3N6O.HI/c1-15-13-30(14-16(2)31-15)19-6-5-18(11-26-19)12-27-20(25-4)29-9-7-28(8-10-29)17(3)21(22,23)24;/h5-6,11,15-17H,7-10,12-14H2,1-4H3,(H,25,27);1H. The van der Waals surface area contributed by atoms with Gasteiger partial charge in [-0.25, -0.2) is 4.98 Å². The fourth-order valence-electron chi connectivity index (χ4n) is 4.11. The van der Waals surface area contributed by atoms with Gasteiger partial charge in [0.15, 0.2) is 5.96 Å². The molecule has 32 heavy (non-hydrogen) atoms. The van der Waals surface area contributed by atoms with Gasteiger partial charge >= 0.3 is 6.18 Å². The molecule has 1 N–H and O–H groups in total. The number of rotatable bonds is 4. The first-order chi connectivity index (χ1) is 14.7. The predicted molar refractivity (Wildman–Crippen MR) is 131 cm³/mol. The highest BCUT2D eigenvalue weighted by Crippen LogP contribution is 2.25. The monoisotopic (exact) mass is 570 g/mol. The van der Waals surface area contributed by atoms with Crippen molar-refractivity contribution in [2.75, 3.05) is 51.2 Å². The van der Waals surface area contributed by atoms with E-state index in [4.69, 9.17) is 4.74 Å². The number of ether oxygens (including phenoxy) is 1. The Bertz CT molecular complexity index is 730. The number of morpholine rings is 1. The van der Waals surface area contributed by atoms with E-state index >= 15 is 0 Å². The molecular weight excluding hydrogens is 536 g/mol. The van der Waals surface area contributed by atoms with Crippen LogP contribution in [0.5, 0.6) is 0 Å². The quantitative estimate of drug-likeness (QED) is 0.342. The van der Waals surface area contributed by atoms with E-state index in [-0.39, 0.29) is 36.2 Å². The van der Waals surface area contributed by atoms with Crippen molar-refractivity contribution >= 4 is 35.8 Å². The zero-order valence-corrected chi connectivity index (χ0v) is 21.4. The highest BCUT2D eigenvalue weighted by molar-refractivity contribution is 14.0. The molecule has 2 aliphatic rings. The maximum atomic E-state index is 12.9. The SMILES string of the molecule is CN=C(NCc1ccc(N2CC(C)OC(C)C2)nc1)N1CCN(C(C)C(F)(F)F)CC1.I. The lowest BCUT2D eigenvalue weighted by Gasteiger charge is -2.39. The van der Waals surface area contributed by atoms with Gasteiger partial charge < -0.3 is 19.9 Å². The lowest BCUT2D eigenvalue weighted by molar-refractivity contribution is -0.181. The highest BCUT2D eigenvalue weighted by atomic mass is 127. The number of halogens is 4. The highest BCUT2D eigenvalue weighted by Gasteiger charge is 2.41. The lowest BCUT2D eigenvalue weighted by atomic mass is 10.2. The number of nitrogens with zero attached hydrogens (tertiary/aromatic N) is 5. The number of nitrogens with one attached hydrogen (secondary N) is 1. The molecule has 11 heteroatoms. The minimum Gasteiger partial charge on any atom is -0.372 e. The van der Waals surface area contributed by atoms with E-state index in [1.165, 1.54) is 11.8 Å². The Kier molecular flexibility index (Phi) is 9.83. The average Bonchev–Trinajstić information content (AvgIpc) is 2.73. The van der Waals surface area contributed by atoms with Gasteiger partial charge in [-0.15, -0.1) is 24.0 Å². The van der Waals surface area contributed by atoms with Crippen LogP contribution in [0.1, 0.15) is 26.3 Å². The van der Waals surface area contributed by atoms with Crippen LogP contribution < -0.4 is 10.2 Å². The zero-order valence-electron chi connectivity index (χ0n) is 19.1. The summed E-state index contributed by atoms with van der Waals surface area (Å²) in [5.41, 5.74) is 1.02. The molecule has 182 valence electrons. The zero-order chi connectivity index (χ0) is 22.6. The largest absolute Gasteiger partial charge is 0.403 e. The molecule has 0 spiro atoms. The Morgan fingerprint density at radius 1 is 1.19 bits per heavy atom. The van der Waals surface area contributed by atoms with Crippen molar-refractivity contribution in [2.24, 2.45) is 4.99 Å². The van der Waals surface area contributed by atoms with Crippen molar-refractivity contribution in [2.45, 2.75) is 51.7 Å². The summed E-state index contributed by atoms with van der Waals surface area (Å²) in [4.78, 5) is 14.6. The van der Waals surface area contributed by atoms with Crippen molar-refractivity contribution < 1.29 is 17.9 Å². The minimum absolute atomic E-state index is 0. The molecule has 0 bridgehead atoms. The Hall–Kier alpha value is -1.34. The van der Waals surface area contributed by atoms with Crippen molar-refractivity contribution in [1.29, 1.82) is 0 Å². The van der Waals surface area contributed by atoms with Crippen LogP contribution in [0.2, 0.25) is 0 Å². The second kappa shape index (κ2) is 11.7. The van der Waals surface area contributed by atoms with E-state index in [9.17, 15) is 13.2 Å². The second-order valence-corrected chi connectivity index (χ2v) is 8.33. The summed E-state index contributed by atoms with van der Waals surface area (Å²) in [6.07, 6.45) is -1.99. The third-order valence-corrected chi connectivity index (χ3v) is 5.85. The van der Waals surface area contributed by atoms with Gasteiger partial charge in [-0.1, -0.05) is 6.07 Å². The number of aliphatic imine (C=N–C) groups is 1.